The van der Waals surface area contributed by atoms with Crippen LogP contribution < -0.4 is 0 Å². The minimum atomic E-state index is -0.223. The fraction of sp³-hybridized carbons (Fsp3) is 0.0811. The summed E-state index contributed by atoms with van der Waals surface area (Å²) in [5.74, 6) is 1.96. The van der Waals surface area contributed by atoms with E-state index in [1.165, 1.54) is 16.0 Å². The van der Waals surface area contributed by atoms with Crippen LogP contribution in [0.4, 0.5) is 0 Å². The third-order valence-electron chi connectivity index (χ3n) is 8.08. The summed E-state index contributed by atoms with van der Waals surface area (Å²) in [6.07, 6.45) is 0. The van der Waals surface area contributed by atoms with E-state index >= 15 is 0 Å². The highest BCUT2D eigenvalue weighted by Gasteiger charge is 2.35. The van der Waals surface area contributed by atoms with Gasteiger partial charge in [0.1, 0.15) is 0 Å². The SMILES string of the molecule is CC1(C)c2ccc(-c3cccc(-c4nc(-c5ccccc5)nc(-c5ccccc5)n4)c3)cc2Sc2nc3ccccc3n21. The molecule has 0 unspecified atom stereocenters. The number of imidazole rings is 1. The van der Waals surface area contributed by atoms with Crippen LogP contribution in [0.5, 0.6) is 0 Å². The van der Waals surface area contributed by atoms with E-state index in [0.717, 1.165) is 38.5 Å². The van der Waals surface area contributed by atoms with E-state index in [1.807, 2.05) is 60.7 Å². The Hall–Kier alpha value is -5.07. The molecule has 2 aromatic heterocycles. The second-order valence-corrected chi connectivity index (χ2v) is 12.2. The zero-order chi connectivity index (χ0) is 29.0. The summed E-state index contributed by atoms with van der Waals surface area (Å²) in [6, 6.07) is 43.8. The number of hydrogen-bond donors (Lipinski definition) is 0. The Morgan fingerprint density at radius 3 is 1.77 bits per heavy atom. The smallest absolute Gasteiger partial charge is 0.174 e. The van der Waals surface area contributed by atoms with Crippen LogP contribution in [0, 0.1) is 0 Å². The Kier molecular flexibility index (Phi) is 5.98. The summed E-state index contributed by atoms with van der Waals surface area (Å²) in [7, 11) is 0. The number of para-hydroxylation sites is 2. The summed E-state index contributed by atoms with van der Waals surface area (Å²) in [6.45, 7) is 4.55. The molecule has 0 spiro atoms. The van der Waals surface area contributed by atoms with Crippen molar-refractivity contribution in [2.75, 3.05) is 0 Å². The zero-order valence-corrected chi connectivity index (χ0v) is 24.6. The van der Waals surface area contributed by atoms with Crippen molar-refractivity contribution >= 4 is 22.8 Å². The number of benzene rings is 5. The van der Waals surface area contributed by atoms with Crippen molar-refractivity contribution in [1.29, 1.82) is 0 Å². The molecule has 0 saturated heterocycles. The molecule has 0 N–H and O–H groups in total. The number of nitrogens with zero attached hydrogens (tertiary/aromatic N) is 5. The molecule has 0 bridgehead atoms. The maximum absolute atomic E-state index is 4.97. The molecule has 0 amide bonds. The van der Waals surface area contributed by atoms with Crippen LogP contribution in [0.15, 0.2) is 137 Å². The van der Waals surface area contributed by atoms with Crippen molar-refractivity contribution in [1.82, 2.24) is 24.5 Å². The van der Waals surface area contributed by atoms with Crippen molar-refractivity contribution in [2.24, 2.45) is 0 Å². The topological polar surface area (TPSA) is 56.5 Å². The maximum atomic E-state index is 4.97. The monoisotopic (exact) mass is 573 g/mol. The summed E-state index contributed by atoms with van der Waals surface area (Å²) in [5.41, 5.74) is 8.39. The van der Waals surface area contributed by atoms with E-state index in [9.17, 15) is 0 Å². The number of aromatic nitrogens is 5. The Morgan fingerprint density at radius 2 is 1.07 bits per heavy atom. The normalized spacial score (nSPS) is 13.4. The molecular weight excluding hydrogens is 547 g/mol. The third-order valence-corrected chi connectivity index (χ3v) is 9.10. The highest BCUT2D eigenvalue weighted by molar-refractivity contribution is 7.99. The van der Waals surface area contributed by atoms with Gasteiger partial charge < -0.3 is 4.57 Å². The van der Waals surface area contributed by atoms with Crippen molar-refractivity contribution in [3.8, 4) is 45.3 Å². The van der Waals surface area contributed by atoms with Crippen LogP contribution in [0.3, 0.4) is 0 Å². The van der Waals surface area contributed by atoms with Crippen molar-refractivity contribution in [2.45, 2.75) is 29.4 Å². The van der Waals surface area contributed by atoms with Crippen LogP contribution in [-0.4, -0.2) is 24.5 Å². The lowest BCUT2D eigenvalue weighted by atomic mass is 9.91. The largest absolute Gasteiger partial charge is 0.309 e. The molecule has 3 heterocycles. The second-order valence-electron chi connectivity index (χ2n) is 11.2. The van der Waals surface area contributed by atoms with Gasteiger partial charge in [0.05, 0.1) is 16.6 Å². The molecule has 0 fully saturated rings. The lowest BCUT2D eigenvalue weighted by Crippen LogP contribution is -2.31. The van der Waals surface area contributed by atoms with E-state index in [2.05, 4.69) is 85.1 Å². The van der Waals surface area contributed by atoms with E-state index in [0.29, 0.717) is 17.5 Å². The lowest BCUT2D eigenvalue weighted by molar-refractivity contribution is 0.402. The van der Waals surface area contributed by atoms with Crippen LogP contribution in [-0.2, 0) is 5.54 Å². The molecule has 43 heavy (non-hydrogen) atoms. The second kappa shape index (κ2) is 10.0. The van der Waals surface area contributed by atoms with Gasteiger partial charge in [0.25, 0.3) is 0 Å². The first-order valence-corrected chi connectivity index (χ1v) is 15.1. The van der Waals surface area contributed by atoms with Gasteiger partial charge in [0.15, 0.2) is 22.6 Å². The maximum Gasteiger partial charge on any atom is 0.174 e. The molecule has 0 radical (unpaired) electrons. The van der Waals surface area contributed by atoms with E-state index in [4.69, 9.17) is 19.9 Å². The minimum absolute atomic E-state index is 0.223. The van der Waals surface area contributed by atoms with Crippen LogP contribution >= 0.6 is 11.8 Å². The van der Waals surface area contributed by atoms with E-state index < -0.39 is 0 Å². The molecule has 0 atom stereocenters. The molecule has 1 aliphatic heterocycles. The summed E-state index contributed by atoms with van der Waals surface area (Å²) in [5, 5.41) is 1.02. The van der Waals surface area contributed by atoms with E-state index in [1.54, 1.807) is 11.8 Å². The Morgan fingerprint density at radius 1 is 0.512 bits per heavy atom. The first-order chi connectivity index (χ1) is 21.0. The van der Waals surface area contributed by atoms with Crippen molar-refractivity contribution < 1.29 is 0 Å². The van der Waals surface area contributed by atoms with Crippen molar-refractivity contribution in [3.63, 3.8) is 0 Å². The molecule has 1 aliphatic rings. The van der Waals surface area contributed by atoms with Gasteiger partial charge in [-0.25, -0.2) is 19.9 Å². The number of hydrogen-bond acceptors (Lipinski definition) is 5. The summed E-state index contributed by atoms with van der Waals surface area (Å²) >= 11 is 1.74. The molecule has 0 aliphatic carbocycles. The number of rotatable bonds is 4. The first-order valence-electron chi connectivity index (χ1n) is 14.3. The first kappa shape index (κ1) is 25.6. The van der Waals surface area contributed by atoms with Gasteiger partial charge in [-0.15, -0.1) is 0 Å². The Labute approximate surface area is 254 Å². The summed E-state index contributed by atoms with van der Waals surface area (Å²) in [4.78, 5) is 20.9. The van der Waals surface area contributed by atoms with Crippen LogP contribution in [0.2, 0.25) is 0 Å². The molecule has 206 valence electrons. The highest BCUT2D eigenvalue weighted by Crippen LogP contribution is 2.47. The van der Waals surface area contributed by atoms with Gasteiger partial charge in [-0.3, -0.25) is 0 Å². The van der Waals surface area contributed by atoms with Gasteiger partial charge in [0.2, 0.25) is 0 Å². The Bertz CT molecular complexity index is 2080. The average Bonchev–Trinajstić information content (AvgIpc) is 3.44. The average molecular weight is 574 g/mol. The molecule has 6 heteroatoms. The van der Waals surface area contributed by atoms with Gasteiger partial charge >= 0.3 is 0 Å². The van der Waals surface area contributed by atoms with Crippen molar-refractivity contribution in [3.05, 3.63) is 133 Å². The quantitative estimate of drug-likeness (QED) is 0.210. The minimum Gasteiger partial charge on any atom is -0.309 e. The molecule has 0 saturated carbocycles. The number of fused-ring (bicyclic) bond motifs is 4. The molecule has 5 nitrogen and oxygen atoms in total. The fourth-order valence-electron chi connectivity index (χ4n) is 5.90. The highest BCUT2D eigenvalue weighted by atomic mass is 32.2. The molecular formula is C37H27N5S. The predicted molar refractivity (Wildman–Crippen MR) is 174 cm³/mol. The fourth-order valence-corrected chi connectivity index (χ4v) is 7.27. The summed E-state index contributed by atoms with van der Waals surface area (Å²) < 4.78 is 2.37. The van der Waals surface area contributed by atoms with Gasteiger partial charge in [0, 0.05) is 21.6 Å². The lowest BCUT2D eigenvalue weighted by Gasteiger charge is -2.35. The molecule has 7 aromatic rings. The van der Waals surface area contributed by atoms with E-state index in [-0.39, 0.29) is 5.54 Å². The Balaban J connectivity index is 1.21. The standard InChI is InChI=1S/C37H27N5S/c1-37(2)29-21-20-27(23-32(29)43-36-38-30-18-9-10-19-31(30)42(36)37)26-16-11-17-28(22-26)35-40-33(24-12-5-3-6-13-24)39-34(41-35)25-14-7-4-8-15-25/h3-23H,1-2H3. The predicted octanol–water partition coefficient (Wildman–Crippen LogP) is 9.14. The third kappa shape index (κ3) is 4.42. The molecule has 8 rings (SSSR count). The van der Waals surface area contributed by atoms with Gasteiger partial charge in [-0.1, -0.05) is 115 Å². The van der Waals surface area contributed by atoms with Gasteiger partial charge in [-0.2, -0.15) is 0 Å². The molecule has 5 aromatic carbocycles. The van der Waals surface area contributed by atoms with Crippen LogP contribution in [0.25, 0.3) is 56.3 Å². The zero-order valence-electron chi connectivity index (χ0n) is 23.8. The van der Waals surface area contributed by atoms with Gasteiger partial charge in [-0.05, 0) is 54.8 Å². The van der Waals surface area contributed by atoms with Crippen LogP contribution in [0.1, 0.15) is 19.4 Å².